The third-order valence-corrected chi connectivity index (χ3v) is 4.55. The molecule has 4 aromatic rings. The van der Waals surface area contributed by atoms with Gasteiger partial charge in [0.15, 0.2) is 6.29 Å². The van der Waals surface area contributed by atoms with Gasteiger partial charge < -0.3 is 4.57 Å². The van der Waals surface area contributed by atoms with E-state index in [0.29, 0.717) is 0 Å². The van der Waals surface area contributed by atoms with Crippen molar-refractivity contribution in [2.24, 2.45) is 0 Å². The lowest BCUT2D eigenvalue weighted by Gasteiger charge is -2.10. The highest BCUT2D eigenvalue weighted by Crippen LogP contribution is 2.26. The minimum atomic E-state index is 0.769. The molecular weight excluding hydrogens is 282 g/mol. The standard InChI is InChI=1S/C21H17NO/c1-15-20(14-23)19-8-4-5-9-21(19)22(15)13-16-10-11-17-6-2-3-7-18(17)12-16/h2-12,14H,13H2,1H3. The average Bonchev–Trinajstić information content (AvgIpc) is 2.86. The van der Waals surface area contributed by atoms with Crippen molar-refractivity contribution < 1.29 is 4.79 Å². The summed E-state index contributed by atoms with van der Waals surface area (Å²) in [6.07, 6.45) is 0.967. The van der Waals surface area contributed by atoms with Crippen molar-refractivity contribution in [2.75, 3.05) is 0 Å². The Morgan fingerprint density at radius 3 is 2.48 bits per heavy atom. The lowest BCUT2D eigenvalue weighted by atomic mass is 10.1. The number of nitrogens with zero attached hydrogens (tertiary/aromatic N) is 1. The van der Waals surface area contributed by atoms with Crippen LogP contribution in [0.2, 0.25) is 0 Å². The van der Waals surface area contributed by atoms with Gasteiger partial charge in [0.1, 0.15) is 0 Å². The van der Waals surface area contributed by atoms with E-state index in [1.807, 2.05) is 25.1 Å². The first kappa shape index (κ1) is 13.8. The third kappa shape index (κ3) is 2.23. The summed E-state index contributed by atoms with van der Waals surface area (Å²) in [6, 6.07) is 23.0. The van der Waals surface area contributed by atoms with Gasteiger partial charge in [-0.25, -0.2) is 0 Å². The van der Waals surface area contributed by atoms with Crippen molar-refractivity contribution >= 4 is 28.0 Å². The van der Waals surface area contributed by atoms with Crippen LogP contribution in [0.25, 0.3) is 21.7 Å². The van der Waals surface area contributed by atoms with Gasteiger partial charge in [-0.3, -0.25) is 4.79 Å². The molecule has 3 aromatic carbocycles. The lowest BCUT2D eigenvalue weighted by molar-refractivity contribution is 0.112. The molecule has 0 spiro atoms. The van der Waals surface area contributed by atoms with E-state index in [2.05, 4.69) is 53.1 Å². The van der Waals surface area contributed by atoms with E-state index in [9.17, 15) is 4.79 Å². The van der Waals surface area contributed by atoms with E-state index in [1.165, 1.54) is 16.3 Å². The summed E-state index contributed by atoms with van der Waals surface area (Å²) in [5, 5.41) is 3.52. The Hall–Kier alpha value is -2.87. The number of para-hydroxylation sites is 1. The summed E-state index contributed by atoms with van der Waals surface area (Å²) in [7, 11) is 0. The van der Waals surface area contributed by atoms with Crippen molar-refractivity contribution in [2.45, 2.75) is 13.5 Å². The number of hydrogen-bond donors (Lipinski definition) is 0. The molecule has 112 valence electrons. The zero-order valence-electron chi connectivity index (χ0n) is 13.0. The van der Waals surface area contributed by atoms with Crippen LogP contribution in [0.1, 0.15) is 21.6 Å². The van der Waals surface area contributed by atoms with Crippen LogP contribution in [0.15, 0.2) is 66.7 Å². The van der Waals surface area contributed by atoms with Gasteiger partial charge in [0.25, 0.3) is 0 Å². The first-order chi connectivity index (χ1) is 11.3. The van der Waals surface area contributed by atoms with Gasteiger partial charge in [-0.1, -0.05) is 54.6 Å². The van der Waals surface area contributed by atoms with Gasteiger partial charge in [-0.15, -0.1) is 0 Å². The normalized spacial score (nSPS) is 11.2. The van der Waals surface area contributed by atoms with Crippen LogP contribution in [0.4, 0.5) is 0 Å². The van der Waals surface area contributed by atoms with Crippen LogP contribution in [0.3, 0.4) is 0 Å². The fourth-order valence-corrected chi connectivity index (χ4v) is 3.33. The zero-order chi connectivity index (χ0) is 15.8. The molecule has 4 rings (SSSR count). The summed E-state index contributed by atoms with van der Waals surface area (Å²) >= 11 is 0. The van der Waals surface area contributed by atoms with Crippen LogP contribution in [-0.4, -0.2) is 10.9 Å². The Labute approximate surface area is 135 Å². The van der Waals surface area contributed by atoms with Crippen molar-refractivity contribution in [3.05, 3.63) is 83.6 Å². The van der Waals surface area contributed by atoms with Gasteiger partial charge in [-0.2, -0.15) is 0 Å². The summed E-state index contributed by atoms with van der Waals surface area (Å²) in [5.74, 6) is 0. The Bertz CT molecular complexity index is 1030. The van der Waals surface area contributed by atoms with E-state index in [0.717, 1.165) is 35.0 Å². The molecule has 0 amide bonds. The Morgan fingerprint density at radius 2 is 1.65 bits per heavy atom. The molecule has 0 fully saturated rings. The van der Waals surface area contributed by atoms with Crippen LogP contribution in [0.5, 0.6) is 0 Å². The molecule has 0 radical (unpaired) electrons. The second-order valence-electron chi connectivity index (χ2n) is 5.90. The number of rotatable bonds is 3. The van der Waals surface area contributed by atoms with E-state index < -0.39 is 0 Å². The fraction of sp³-hybridized carbons (Fsp3) is 0.0952. The predicted molar refractivity (Wildman–Crippen MR) is 95.1 cm³/mol. The third-order valence-electron chi connectivity index (χ3n) is 4.55. The smallest absolute Gasteiger partial charge is 0.152 e. The molecule has 2 nitrogen and oxygen atoms in total. The number of benzene rings is 3. The Morgan fingerprint density at radius 1 is 0.913 bits per heavy atom. The van der Waals surface area contributed by atoms with Crippen molar-refractivity contribution in [1.82, 2.24) is 4.57 Å². The lowest BCUT2D eigenvalue weighted by Crippen LogP contribution is -2.02. The van der Waals surface area contributed by atoms with Crippen LogP contribution in [-0.2, 0) is 6.54 Å². The number of aldehydes is 1. The average molecular weight is 299 g/mol. The number of fused-ring (bicyclic) bond motifs is 2. The summed E-state index contributed by atoms with van der Waals surface area (Å²) in [5.41, 5.74) is 4.17. The highest BCUT2D eigenvalue weighted by Gasteiger charge is 2.13. The highest BCUT2D eigenvalue weighted by molar-refractivity contribution is 5.99. The largest absolute Gasteiger partial charge is 0.340 e. The number of carbonyl (C=O) groups excluding carboxylic acids is 1. The van der Waals surface area contributed by atoms with Gasteiger partial charge in [0.05, 0.1) is 0 Å². The van der Waals surface area contributed by atoms with Gasteiger partial charge >= 0.3 is 0 Å². The van der Waals surface area contributed by atoms with Crippen LogP contribution in [0, 0.1) is 6.92 Å². The maximum atomic E-state index is 11.5. The Kier molecular flexibility index (Phi) is 3.23. The summed E-state index contributed by atoms with van der Waals surface area (Å²) in [4.78, 5) is 11.5. The maximum Gasteiger partial charge on any atom is 0.152 e. The summed E-state index contributed by atoms with van der Waals surface area (Å²) in [6.45, 7) is 2.79. The minimum Gasteiger partial charge on any atom is -0.340 e. The predicted octanol–water partition coefficient (Wildman–Crippen LogP) is 4.96. The second kappa shape index (κ2) is 5.40. The first-order valence-corrected chi connectivity index (χ1v) is 7.78. The second-order valence-corrected chi connectivity index (χ2v) is 5.90. The van der Waals surface area contributed by atoms with E-state index in [-0.39, 0.29) is 0 Å². The van der Waals surface area contributed by atoms with Gasteiger partial charge in [0, 0.05) is 28.7 Å². The molecular formula is C21H17NO. The maximum absolute atomic E-state index is 11.5. The molecule has 0 saturated carbocycles. The van der Waals surface area contributed by atoms with Gasteiger partial charge in [0.2, 0.25) is 0 Å². The molecule has 1 heterocycles. The molecule has 0 bridgehead atoms. The molecule has 0 aliphatic heterocycles. The molecule has 0 aliphatic carbocycles. The van der Waals surface area contributed by atoms with E-state index in [1.54, 1.807) is 0 Å². The molecule has 0 unspecified atom stereocenters. The first-order valence-electron chi connectivity index (χ1n) is 7.78. The fourth-order valence-electron chi connectivity index (χ4n) is 3.33. The van der Waals surface area contributed by atoms with Gasteiger partial charge in [-0.05, 0) is 35.4 Å². The number of carbonyl (C=O) groups is 1. The number of aromatic nitrogens is 1. The minimum absolute atomic E-state index is 0.769. The van der Waals surface area contributed by atoms with E-state index in [4.69, 9.17) is 0 Å². The SMILES string of the molecule is Cc1c(C=O)c2ccccc2n1Cc1ccc2ccccc2c1. The quantitative estimate of drug-likeness (QED) is 0.490. The molecule has 2 heteroatoms. The molecule has 1 aromatic heterocycles. The Balaban J connectivity index is 1.85. The monoisotopic (exact) mass is 299 g/mol. The van der Waals surface area contributed by atoms with Crippen molar-refractivity contribution in [1.29, 1.82) is 0 Å². The van der Waals surface area contributed by atoms with Crippen molar-refractivity contribution in [3.8, 4) is 0 Å². The molecule has 23 heavy (non-hydrogen) atoms. The highest BCUT2D eigenvalue weighted by atomic mass is 16.1. The summed E-state index contributed by atoms with van der Waals surface area (Å²) < 4.78 is 2.23. The topological polar surface area (TPSA) is 22.0 Å². The van der Waals surface area contributed by atoms with E-state index >= 15 is 0 Å². The van der Waals surface area contributed by atoms with Crippen molar-refractivity contribution in [3.63, 3.8) is 0 Å². The number of hydrogen-bond acceptors (Lipinski definition) is 1. The van der Waals surface area contributed by atoms with Crippen LogP contribution >= 0.6 is 0 Å². The molecule has 0 saturated heterocycles. The molecule has 0 N–H and O–H groups in total. The molecule has 0 aliphatic rings. The zero-order valence-corrected chi connectivity index (χ0v) is 13.0. The van der Waals surface area contributed by atoms with Crippen LogP contribution < -0.4 is 0 Å². The molecule has 0 atom stereocenters.